The average molecular weight is 419 g/mol. The maximum atomic E-state index is 12.9. The van der Waals surface area contributed by atoms with Crippen molar-refractivity contribution in [3.05, 3.63) is 54.3 Å². The molecule has 7 heteroatoms. The normalized spacial score (nSPS) is 14.7. The van der Waals surface area contributed by atoms with Crippen molar-refractivity contribution in [1.29, 1.82) is 0 Å². The van der Waals surface area contributed by atoms with E-state index in [4.69, 9.17) is 12.2 Å². The molecule has 0 spiro atoms. The van der Waals surface area contributed by atoms with Crippen molar-refractivity contribution >= 4 is 40.5 Å². The van der Waals surface area contributed by atoms with E-state index in [1.165, 1.54) is 22.7 Å². The Labute approximate surface area is 176 Å². The van der Waals surface area contributed by atoms with Gasteiger partial charge in [0.25, 0.3) is 0 Å². The molecule has 1 saturated heterocycles. The molecule has 150 valence electrons. The first-order valence-corrected chi connectivity index (χ1v) is 11.2. The number of thioether (sulfide) groups is 1. The van der Waals surface area contributed by atoms with E-state index in [0.29, 0.717) is 5.11 Å². The molecule has 0 aromatic heterocycles. The summed E-state index contributed by atoms with van der Waals surface area (Å²) in [5, 5.41) is 6.87. The van der Waals surface area contributed by atoms with Crippen molar-refractivity contribution in [2.45, 2.75) is 11.3 Å². The van der Waals surface area contributed by atoms with Crippen molar-refractivity contribution in [1.82, 2.24) is 10.2 Å². The van der Waals surface area contributed by atoms with Crippen LogP contribution in [0.15, 0.2) is 53.4 Å². The molecule has 3 rings (SSSR count). The van der Waals surface area contributed by atoms with Crippen molar-refractivity contribution < 1.29 is 4.39 Å². The van der Waals surface area contributed by atoms with E-state index < -0.39 is 0 Å². The molecule has 0 amide bonds. The Morgan fingerprint density at radius 3 is 2.57 bits per heavy atom. The van der Waals surface area contributed by atoms with Gasteiger partial charge in [-0.25, -0.2) is 4.39 Å². The van der Waals surface area contributed by atoms with Crippen LogP contribution < -0.4 is 15.5 Å². The van der Waals surface area contributed by atoms with Gasteiger partial charge in [-0.2, -0.15) is 0 Å². The summed E-state index contributed by atoms with van der Waals surface area (Å²) in [6.07, 6.45) is 3.15. The van der Waals surface area contributed by atoms with E-state index >= 15 is 0 Å². The predicted molar refractivity (Wildman–Crippen MR) is 122 cm³/mol. The first-order valence-electron chi connectivity index (χ1n) is 9.56. The predicted octanol–water partition coefficient (Wildman–Crippen LogP) is 4.05. The zero-order valence-electron chi connectivity index (χ0n) is 16.2. The lowest BCUT2D eigenvalue weighted by Gasteiger charge is -2.36. The molecule has 1 aliphatic heterocycles. The molecule has 0 bridgehead atoms. The molecule has 2 N–H and O–H groups in total. The molecule has 0 atom stereocenters. The molecule has 2 aromatic carbocycles. The Hall–Kier alpha value is -1.83. The molecule has 4 nitrogen and oxygen atoms in total. The Balaban J connectivity index is 1.32. The summed E-state index contributed by atoms with van der Waals surface area (Å²) in [6.45, 7) is 6.18. The Bertz CT molecular complexity index is 761. The number of nitrogens with zero attached hydrogens (tertiary/aromatic N) is 2. The van der Waals surface area contributed by atoms with Gasteiger partial charge in [0, 0.05) is 49.0 Å². The number of benzene rings is 2. The lowest BCUT2D eigenvalue weighted by molar-refractivity contribution is 0.255. The molecular weight excluding hydrogens is 391 g/mol. The maximum Gasteiger partial charge on any atom is 0.170 e. The third kappa shape index (κ3) is 6.36. The molecule has 28 heavy (non-hydrogen) atoms. The zero-order valence-corrected chi connectivity index (χ0v) is 17.8. The minimum Gasteiger partial charge on any atom is -0.369 e. The van der Waals surface area contributed by atoms with Crippen molar-refractivity contribution in [2.75, 3.05) is 55.7 Å². The molecule has 0 radical (unpaired) electrons. The minimum absolute atomic E-state index is 0.249. The molecule has 1 fully saturated rings. The van der Waals surface area contributed by atoms with Crippen LogP contribution >= 0.6 is 24.0 Å². The highest BCUT2D eigenvalue weighted by atomic mass is 32.2. The molecular formula is C21H27FN4S2. The van der Waals surface area contributed by atoms with E-state index in [1.807, 2.05) is 0 Å². The fraction of sp³-hybridized carbons (Fsp3) is 0.381. The zero-order chi connectivity index (χ0) is 19.8. The maximum absolute atomic E-state index is 12.9. The summed E-state index contributed by atoms with van der Waals surface area (Å²) in [6, 6.07) is 15.0. The van der Waals surface area contributed by atoms with Crippen LogP contribution in [0.2, 0.25) is 0 Å². The highest BCUT2D eigenvalue weighted by Gasteiger charge is 2.16. The number of anilines is 2. The first-order chi connectivity index (χ1) is 13.6. The minimum atomic E-state index is -0.249. The van der Waals surface area contributed by atoms with Crippen LogP contribution in [0.25, 0.3) is 0 Å². The van der Waals surface area contributed by atoms with E-state index in [-0.39, 0.29) is 5.82 Å². The molecule has 0 aliphatic carbocycles. The summed E-state index contributed by atoms with van der Waals surface area (Å²) < 4.78 is 12.9. The summed E-state index contributed by atoms with van der Waals surface area (Å²) in [7, 11) is 0. The van der Waals surface area contributed by atoms with E-state index in [1.54, 1.807) is 23.9 Å². The van der Waals surface area contributed by atoms with Gasteiger partial charge in [-0.3, -0.25) is 4.90 Å². The van der Waals surface area contributed by atoms with Gasteiger partial charge in [0.2, 0.25) is 0 Å². The lowest BCUT2D eigenvalue weighted by atomic mass is 10.2. The van der Waals surface area contributed by atoms with Gasteiger partial charge in [-0.15, -0.1) is 11.8 Å². The van der Waals surface area contributed by atoms with Crippen LogP contribution in [0.1, 0.15) is 6.42 Å². The average Bonchev–Trinajstić information content (AvgIpc) is 2.73. The molecule has 0 unspecified atom stereocenters. The lowest BCUT2D eigenvalue weighted by Crippen LogP contribution is -2.47. The summed E-state index contributed by atoms with van der Waals surface area (Å²) >= 11 is 7.08. The van der Waals surface area contributed by atoms with Crippen LogP contribution in [-0.4, -0.2) is 55.5 Å². The largest absolute Gasteiger partial charge is 0.369 e. The standard InChI is InChI=1S/C21H27FN4S2/c1-28-20-5-2-4-19(16-20)26-14-12-25(13-15-26)11-3-10-23-21(27)24-18-8-6-17(22)7-9-18/h2,4-9,16H,3,10-15H2,1H3,(H2,23,24,27). The van der Waals surface area contributed by atoms with Gasteiger partial charge in [-0.1, -0.05) is 6.07 Å². The number of piperazine rings is 1. The topological polar surface area (TPSA) is 30.5 Å². The van der Waals surface area contributed by atoms with Gasteiger partial charge in [0.05, 0.1) is 0 Å². The molecule has 2 aromatic rings. The Kier molecular flexibility index (Phi) is 7.94. The number of halogens is 1. The smallest absolute Gasteiger partial charge is 0.170 e. The third-order valence-electron chi connectivity index (χ3n) is 4.83. The van der Waals surface area contributed by atoms with Crippen LogP contribution in [0.5, 0.6) is 0 Å². The highest BCUT2D eigenvalue weighted by molar-refractivity contribution is 7.98. The summed E-state index contributed by atoms with van der Waals surface area (Å²) in [5.41, 5.74) is 2.12. The number of hydrogen-bond acceptors (Lipinski definition) is 4. The second-order valence-corrected chi connectivity index (χ2v) is 8.06. The molecule has 0 saturated carbocycles. The number of thiocarbonyl (C=S) groups is 1. The second kappa shape index (κ2) is 10.6. The second-order valence-electron chi connectivity index (χ2n) is 6.77. The number of rotatable bonds is 7. The summed E-state index contributed by atoms with van der Waals surface area (Å²) in [5.74, 6) is -0.249. The number of nitrogens with one attached hydrogen (secondary N) is 2. The van der Waals surface area contributed by atoms with Gasteiger partial charge in [0.1, 0.15) is 5.82 Å². The first kappa shape index (κ1) is 20.9. The Morgan fingerprint density at radius 1 is 1.11 bits per heavy atom. The van der Waals surface area contributed by atoms with Gasteiger partial charge >= 0.3 is 0 Å². The monoisotopic (exact) mass is 418 g/mol. The van der Waals surface area contributed by atoms with Gasteiger partial charge in [-0.05, 0) is 73.9 Å². The van der Waals surface area contributed by atoms with Crippen molar-refractivity contribution in [3.63, 3.8) is 0 Å². The van der Waals surface area contributed by atoms with Gasteiger partial charge in [0.15, 0.2) is 5.11 Å². The fourth-order valence-corrected chi connectivity index (χ4v) is 3.92. The quantitative estimate of drug-likeness (QED) is 0.401. The third-order valence-corrected chi connectivity index (χ3v) is 5.80. The molecule has 1 heterocycles. The highest BCUT2D eigenvalue weighted by Crippen LogP contribution is 2.23. The SMILES string of the molecule is CSc1cccc(N2CCN(CCCNC(=S)Nc3ccc(F)cc3)CC2)c1. The Morgan fingerprint density at radius 2 is 1.86 bits per heavy atom. The van der Waals surface area contributed by atoms with Crippen molar-refractivity contribution in [3.8, 4) is 0 Å². The van der Waals surface area contributed by atoms with Crippen molar-refractivity contribution in [2.24, 2.45) is 0 Å². The van der Waals surface area contributed by atoms with Crippen LogP contribution in [0, 0.1) is 5.82 Å². The fourth-order valence-electron chi connectivity index (χ4n) is 3.25. The summed E-state index contributed by atoms with van der Waals surface area (Å²) in [4.78, 5) is 6.29. The van der Waals surface area contributed by atoms with Crippen LogP contribution in [0.4, 0.5) is 15.8 Å². The van der Waals surface area contributed by atoms with Crippen LogP contribution in [-0.2, 0) is 0 Å². The van der Waals surface area contributed by atoms with E-state index in [2.05, 4.69) is 51.0 Å². The van der Waals surface area contributed by atoms with Gasteiger partial charge < -0.3 is 15.5 Å². The van der Waals surface area contributed by atoms with E-state index in [9.17, 15) is 4.39 Å². The van der Waals surface area contributed by atoms with E-state index in [0.717, 1.165) is 51.4 Å². The van der Waals surface area contributed by atoms with Crippen LogP contribution in [0.3, 0.4) is 0 Å². The number of hydrogen-bond donors (Lipinski definition) is 2. The molecule has 1 aliphatic rings.